The first-order valence-electron chi connectivity index (χ1n) is 31.2. The highest BCUT2D eigenvalue weighted by molar-refractivity contribution is 6.45. The van der Waals surface area contributed by atoms with Crippen LogP contribution in [0.2, 0.25) is 0 Å². The van der Waals surface area contributed by atoms with Crippen LogP contribution in [-0.4, -0.2) is 97.9 Å². The van der Waals surface area contributed by atoms with Crippen LogP contribution in [0.4, 0.5) is 0 Å². The smallest absolute Gasteiger partial charge is 0.292 e. The Morgan fingerprint density at radius 1 is 0.316 bits per heavy atom. The average molecular weight is 1290 g/mol. The Balaban J connectivity index is 0.000000107. The third-order valence-corrected chi connectivity index (χ3v) is 17.0. The van der Waals surface area contributed by atoms with Gasteiger partial charge in [0.05, 0.1) is 47.7 Å². The summed E-state index contributed by atoms with van der Waals surface area (Å²) in [7, 11) is 0. The predicted octanol–water partition coefficient (Wildman–Crippen LogP) is 15.6. The van der Waals surface area contributed by atoms with Crippen LogP contribution >= 0.6 is 0 Å². The molecule has 10 aromatic heterocycles. The van der Waals surface area contributed by atoms with Crippen molar-refractivity contribution in [3.8, 4) is 34.1 Å². The maximum atomic E-state index is 12.8. The Morgan fingerprint density at radius 3 is 1.10 bits per heavy atom. The third kappa shape index (κ3) is 11.8. The Hall–Kier alpha value is -13.9. The molecule has 10 N–H and O–H groups in total. The number of amides is 2. The van der Waals surface area contributed by atoms with Gasteiger partial charge >= 0.3 is 0 Å². The zero-order chi connectivity index (χ0) is 66.6. The Morgan fingerprint density at radius 2 is 0.633 bits per heavy atom. The molecule has 0 aliphatic carbocycles. The van der Waals surface area contributed by atoms with Gasteiger partial charge in [0.15, 0.2) is 23.1 Å². The molecule has 20 heteroatoms. The van der Waals surface area contributed by atoms with Gasteiger partial charge in [-0.2, -0.15) is 0 Å². The maximum Gasteiger partial charge on any atom is 0.292 e. The van der Waals surface area contributed by atoms with E-state index in [1.807, 2.05) is 182 Å². The van der Waals surface area contributed by atoms with Gasteiger partial charge in [-0.05, 0) is 48.5 Å². The number of hydrogen-bond acceptors (Lipinski definition) is 10. The van der Waals surface area contributed by atoms with Crippen molar-refractivity contribution < 1.29 is 37.6 Å². The van der Waals surface area contributed by atoms with Gasteiger partial charge in [0.25, 0.3) is 23.5 Å². The van der Waals surface area contributed by atoms with Gasteiger partial charge in [-0.1, -0.05) is 146 Å². The number of carbonyl (C=O) groups is 6. The van der Waals surface area contributed by atoms with Crippen molar-refractivity contribution in [2.45, 2.75) is 0 Å². The highest BCUT2D eigenvalue weighted by Crippen LogP contribution is 2.35. The van der Waals surface area contributed by atoms with E-state index in [1.165, 1.54) is 6.20 Å². The van der Waals surface area contributed by atoms with E-state index in [0.29, 0.717) is 39.3 Å². The molecular weight excluding hydrogens is 1230 g/mol. The Kier molecular flexibility index (Phi) is 16.2. The number of Topliss-reactive ketones (excluding diaryl/α,β-unsaturated/α-hetero) is 3. The van der Waals surface area contributed by atoms with Gasteiger partial charge in [-0.15, -0.1) is 0 Å². The van der Waals surface area contributed by atoms with Crippen LogP contribution in [0.25, 0.3) is 121 Å². The largest absolute Gasteiger partial charge is 0.436 e. The molecule has 10 heterocycles. The quantitative estimate of drug-likeness (QED) is 0.0362. The number of ketones is 4. The third-order valence-electron chi connectivity index (χ3n) is 17.0. The second-order valence-electron chi connectivity index (χ2n) is 22.9. The number of H-pyrrole nitrogens is 8. The minimum absolute atomic E-state index is 0.0415. The first-order chi connectivity index (χ1) is 48.1. The van der Waals surface area contributed by atoms with E-state index >= 15 is 0 Å². The number of benzene rings is 8. The average Bonchev–Trinajstić information content (AvgIpc) is 1.66. The number of para-hydroxylation sites is 8. The Bertz CT molecular complexity index is 5860. The predicted molar refractivity (Wildman–Crippen MR) is 378 cm³/mol. The summed E-state index contributed by atoms with van der Waals surface area (Å²) in [6, 6.07) is 61.7. The summed E-state index contributed by atoms with van der Waals surface area (Å²) < 4.78 is 11.8. The van der Waals surface area contributed by atoms with Crippen molar-refractivity contribution in [2.24, 2.45) is 0 Å². The fraction of sp³-hybridized carbons (Fsp3) is 0.0256. The lowest BCUT2D eigenvalue weighted by Gasteiger charge is -2.03. The molecule has 0 aliphatic heterocycles. The molecule has 0 aliphatic rings. The minimum atomic E-state index is -0.803. The maximum absolute atomic E-state index is 12.8. The first-order valence-corrected chi connectivity index (χ1v) is 31.2. The van der Waals surface area contributed by atoms with Crippen molar-refractivity contribution in [1.29, 1.82) is 0 Å². The number of fused-ring (bicyclic) bond motifs is 8. The second kappa shape index (κ2) is 26.3. The lowest BCUT2D eigenvalue weighted by Crippen LogP contribution is -2.35. The highest BCUT2D eigenvalue weighted by atomic mass is 16.4. The SMILES string of the molecule is O=C(CNC(=O)c1c[nH]c2ccccc12)c1c[nH]c2ccccc12.O=C(NCC(=O)c1c[nH]c2ccccc12)C(=O)c1c[nH]c2ccccc12.O=C(c1ncc(-c2c[nH]c3ccccc23)o1)c1c[nH]c2ccccc12.c1ccc2c(-c3cnc(-c4c[nH]c5ccccc45)o3)c[nH]c2c1. The van der Waals surface area contributed by atoms with E-state index in [-0.39, 0.29) is 47.8 Å². The van der Waals surface area contributed by atoms with E-state index in [2.05, 4.69) is 78.7 Å². The number of oxazole rings is 2. The van der Waals surface area contributed by atoms with Crippen LogP contribution in [0, 0.1) is 0 Å². The van der Waals surface area contributed by atoms with Crippen LogP contribution in [0.3, 0.4) is 0 Å². The summed E-state index contributed by atoms with van der Waals surface area (Å²) in [6.07, 6.45) is 17.3. The lowest BCUT2D eigenvalue weighted by molar-refractivity contribution is -0.116. The van der Waals surface area contributed by atoms with Crippen molar-refractivity contribution in [3.63, 3.8) is 0 Å². The monoisotopic (exact) mass is 1290 g/mol. The summed E-state index contributed by atoms with van der Waals surface area (Å²) in [5, 5.41) is 12.4. The molecule has 0 saturated carbocycles. The number of hydrogen-bond donors (Lipinski definition) is 10. The summed E-state index contributed by atoms with van der Waals surface area (Å²) >= 11 is 0. The van der Waals surface area contributed by atoms with Gasteiger partial charge in [-0.3, -0.25) is 28.8 Å². The summed E-state index contributed by atoms with van der Waals surface area (Å²) in [5.74, 6) is -0.305. The molecule has 0 bridgehead atoms. The van der Waals surface area contributed by atoms with Gasteiger partial charge < -0.3 is 59.3 Å². The number of carbonyl (C=O) groups excluding carboxylic acids is 6. The molecule has 8 aromatic carbocycles. The molecule has 0 saturated heterocycles. The topological polar surface area (TPSA) is 305 Å². The number of aromatic nitrogens is 10. The van der Waals surface area contributed by atoms with Gasteiger partial charge in [0, 0.05) is 159 Å². The normalized spacial score (nSPS) is 11.2. The van der Waals surface area contributed by atoms with Crippen LogP contribution in [0.15, 0.2) is 265 Å². The lowest BCUT2D eigenvalue weighted by atomic mass is 10.1. The number of rotatable bonds is 14. The fourth-order valence-corrected chi connectivity index (χ4v) is 12.1. The molecule has 20 nitrogen and oxygen atoms in total. The van der Waals surface area contributed by atoms with Crippen molar-refractivity contribution in [3.05, 3.63) is 290 Å². The highest BCUT2D eigenvalue weighted by Gasteiger charge is 2.24. The van der Waals surface area contributed by atoms with Gasteiger partial charge in [0.1, 0.15) is 0 Å². The molecule has 18 rings (SSSR count). The molecule has 0 radical (unpaired) electrons. The summed E-state index contributed by atoms with van der Waals surface area (Å²) in [6.45, 7) is -0.283. The van der Waals surface area contributed by atoms with E-state index in [1.54, 1.807) is 49.3 Å². The van der Waals surface area contributed by atoms with E-state index in [0.717, 1.165) is 104 Å². The van der Waals surface area contributed by atoms with Crippen LogP contribution in [0.5, 0.6) is 0 Å². The number of nitrogens with one attached hydrogen (secondary N) is 10. The molecule has 2 amide bonds. The zero-order valence-corrected chi connectivity index (χ0v) is 51.8. The molecule has 476 valence electrons. The first kappa shape index (κ1) is 60.4. The van der Waals surface area contributed by atoms with E-state index in [4.69, 9.17) is 8.83 Å². The molecule has 0 atom stereocenters. The fourth-order valence-electron chi connectivity index (χ4n) is 12.1. The molecule has 0 unspecified atom stereocenters. The molecule has 0 spiro atoms. The van der Waals surface area contributed by atoms with Crippen molar-refractivity contribution in [2.75, 3.05) is 13.1 Å². The second-order valence-corrected chi connectivity index (χ2v) is 22.9. The standard InChI is InChI=1S/C20H15N3O3.C20H13N3O2.C19H15N3O2.C19H13N3O/c24-18(14-9-21-16-7-3-1-5-12(14)16)11-23-20(26)19(25)15-10-22-17-8-4-2-6-13(15)17;24-19(15-10-22-17-8-4-2-6-13(15)17)20-23-11-18(25-20)14-9-21-16-7-3-1-5-12(14)16;23-18(14-9-20-16-7-3-1-5-12(14)16)11-22-19(24)15-10-21-17-8-4-2-6-13(15)17;1-3-7-16-12(5-1)14(9-20-16)18-11-22-19(23-18)15-10-21-17-8-4-2-6-13(15)17/h1-10,21-22H,11H2,(H,23,26);1-11,21-22H;1-10,20-21H,11H2,(H,22,24);1-11,20-21H. The molecule has 18 aromatic rings. The van der Waals surface area contributed by atoms with Crippen molar-refractivity contribution >= 4 is 122 Å². The number of aromatic amines is 8. The molecular formula is C78H56N12O8. The number of nitrogens with zero attached hydrogens (tertiary/aromatic N) is 2. The summed E-state index contributed by atoms with van der Waals surface area (Å²) in [4.78, 5) is 108. The van der Waals surface area contributed by atoms with E-state index < -0.39 is 11.7 Å². The van der Waals surface area contributed by atoms with Crippen LogP contribution in [0.1, 0.15) is 57.7 Å². The zero-order valence-electron chi connectivity index (χ0n) is 51.8. The van der Waals surface area contributed by atoms with Gasteiger partial charge in [0.2, 0.25) is 11.7 Å². The van der Waals surface area contributed by atoms with Crippen LogP contribution in [-0.2, 0) is 4.79 Å². The van der Waals surface area contributed by atoms with Crippen molar-refractivity contribution in [1.82, 2.24) is 60.5 Å². The minimum Gasteiger partial charge on any atom is -0.436 e. The summed E-state index contributed by atoms with van der Waals surface area (Å²) in [5.41, 5.74) is 12.9. The molecule has 98 heavy (non-hydrogen) atoms. The van der Waals surface area contributed by atoms with E-state index in [9.17, 15) is 28.8 Å². The molecule has 0 fully saturated rings. The van der Waals surface area contributed by atoms with Crippen LogP contribution < -0.4 is 10.6 Å². The van der Waals surface area contributed by atoms with Gasteiger partial charge in [-0.25, -0.2) is 9.97 Å². The Labute approximate surface area is 554 Å².